The third kappa shape index (κ3) is 1.07. The number of nitrogens with one attached hydrogen (secondary N) is 1. The molecule has 1 aromatic rings. The van der Waals surface area contributed by atoms with Crippen molar-refractivity contribution in [1.29, 1.82) is 0 Å². The summed E-state index contributed by atoms with van der Waals surface area (Å²) >= 11 is 1.57. The van der Waals surface area contributed by atoms with Gasteiger partial charge in [-0.2, -0.15) is 0 Å². The first-order chi connectivity index (χ1) is 5.21. The highest BCUT2D eigenvalue weighted by molar-refractivity contribution is 7.11. The fraction of sp³-hybridized carbons (Fsp3) is 0.571. The van der Waals surface area contributed by atoms with Gasteiger partial charge in [0.2, 0.25) is 0 Å². The van der Waals surface area contributed by atoms with E-state index in [9.17, 15) is 5.11 Å². The largest absolute Gasteiger partial charge is 0.382 e. The molecule has 0 atom stereocenters. The van der Waals surface area contributed by atoms with E-state index < -0.39 is 5.60 Å². The number of hydrogen-bond acceptors (Lipinski definition) is 4. The first-order valence-electron chi connectivity index (χ1n) is 3.57. The molecule has 11 heavy (non-hydrogen) atoms. The average molecular weight is 170 g/mol. The molecule has 0 aromatic carbocycles. The molecule has 2 heterocycles. The number of rotatable bonds is 1. The summed E-state index contributed by atoms with van der Waals surface area (Å²) in [5.74, 6) is 0. The summed E-state index contributed by atoms with van der Waals surface area (Å²) in [5.41, 5.74) is -0.619. The molecule has 2 N–H and O–H groups in total. The molecule has 1 saturated heterocycles. The molecule has 1 aliphatic rings. The molecule has 0 aliphatic carbocycles. The van der Waals surface area contributed by atoms with E-state index in [4.69, 9.17) is 0 Å². The maximum Gasteiger partial charge on any atom is 0.125 e. The Balaban J connectivity index is 2.28. The van der Waals surface area contributed by atoms with Crippen molar-refractivity contribution in [3.8, 4) is 0 Å². The first-order valence-corrected chi connectivity index (χ1v) is 4.38. The van der Waals surface area contributed by atoms with Crippen molar-refractivity contribution >= 4 is 11.3 Å². The van der Waals surface area contributed by atoms with Gasteiger partial charge in [-0.25, -0.2) is 4.98 Å². The minimum atomic E-state index is -0.619. The van der Waals surface area contributed by atoms with E-state index >= 15 is 0 Å². The van der Waals surface area contributed by atoms with E-state index in [-0.39, 0.29) is 0 Å². The van der Waals surface area contributed by atoms with Crippen molar-refractivity contribution in [2.45, 2.75) is 12.5 Å². The van der Waals surface area contributed by atoms with Crippen molar-refractivity contribution in [3.63, 3.8) is 0 Å². The number of aryl methyl sites for hydroxylation is 1. The quantitative estimate of drug-likeness (QED) is 0.634. The van der Waals surface area contributed by atoms with Crippen molar-refractivity contribution < 1.29 is 5.11 Å². The van der Waals surface area contributed by atoms with Gasteiger partial charge in [-0.15, -0.1) is 11.3 Å². The summed E-state index contributed by atoms with van der Waals surface area (Å²) < 4.78 is 0. The number of hydrogen-bond donors (Lipinski definition) is 2. The second kappa shape index (κ2) is 2.27. The normalized spacial score (nSPS) is 21.3. The lowest BCUT2D eigenvalue weighted by Crippen LogP contribution is -2.56. The van der Waals surface area contributed by atoms with Gasteiger partial charge in [0.05, 0.1) is 9.88 Å². The van der Waals surface area contributed by atoms with Gasteiger partial charge in [-0.05, 0) is 6.92 Å². The Morgan fingerprint density at radius 1 is 1.73 bits per heavy atom. The van der Waals surface area contributed by atoms with Crippen LogP contribution in [0.3, 0.4) is 0 Å². The number of β-amino-alcohol motifs (C(OH)–C–C–N with tert-alkyl or cyclic N) is 1. The van der Waals surface area contributed by atoms with E-state index in [1.807, 2.05) is 6.92 Å². The zero-order chi connectivity index (χ0) is 7.90. The van der Waals surface area contributed by atoms with E-state index in [2.05, 4.69) is 10.3 Å². The maximum atomic E-state index is 9.80. The van der Waals surface area contributed by atoms with Gasteiger partial charge in [0.15, 0.2) is 0 Å². The summed E-state index contributed by atoms with van der Waals surface area (Å²) in [6, 6.07) is 0. The van der Waals surface area contributed by atoms with Crippen molar-refractivity contribution in [2.75, 3.05) is 13.1 Å². The Bertz CT molecular complexity index is 267. The van der Waals surface area contributed by atoms with Crippen LogP contribution in [0.25, 0.3) is 0 Å². The average Bonchev–Trinajstić information content (AvgIpc) is 2.31. The SMILES string of the molecule is Cc1ncc(C2(O)CNC2)s1. The minimum Gasteiger partial charge on any atom is -0.382 e. The molecule has 0 radical (unpaired) electrons. The molecule has 0 spiro atoms. The summed E-state index contributed by atoms with van der Waals surface area (Å²) in [6.07, 6.45) is 1.76. The second-order valence-electron chi connectivity index (χ2n) is 2.88. The maximum absolute atomic E-state index is 9.80. The van der Waals surface area contributed by atoms with Gasteiger partial charge in [-0.1, -0.05) is 0 Å². The van der Waals surface area contributed by atoms with Gasteiger partial charge < -0.3 is 10.4 Å². The Hall–Kier alpha value is -0.450. The highest BCUT2D eigenvalue weighted by Gasteiger charge is 2.37. The monoisotopic (exact) mass is 170 g/mol. The predicted molar refractivity (Wildman–Crippen MR) is 43.6 cm³/mol. The molecule has 0 amide bonds. The molecule has 3 nitrogen and oxygen atoms in total. The number of nitrogens with zero attached hydrogens (tertiary/aromatic N) is 1. The highest BCUT2D eigenvalue weighted by atomic mass is 32.1. The fourth-order valence-corrected chi connectivity index (χ4v) is 1.98. The van der Waals surface area contributed by atoms with E-state index in [0.29, 0.717) is 13.1 Å². The third-order valence-electron chi connectivity index (χ3n) is 1.91. The summed E-state index contributed by atoms with van der Waals surface area (Å²) in [7, 11) is 0. The Kier molecular flexibility index (Phi) is 1.49. The van der Waals surface area contributed by atoms with Crippen molar-refractivity contribution in [1.82, 2.24) is 10.3 Å². The highest BCUT2D eigenvalue weighted by Crippen LogP contribution is 2.29. The standard InChI is InChI=1S/C7H10N2OS/c1-5-9-2-6(11-5)7(10)3-8-4-7/h2,8,10H,3-4H2,1H3. The molecular weight excluding hydrogens is 160 g/mol. The van der Waals surface area contributed by atoms with Crippen molar-refractivity contribution in [3.05, 3.63) is 16.1 Å². The zero-order valence-corrected chi connectivity index (χ0v) is 7.11. The summed E-state index contributed by atoms with van der Waals surface area (Å²) in [6.45, 7) is 3.27. The van der Waals surface area contributed by atoms with E-state index in [1.165, 1.54) is 0 Å². The van der Waals surface area contributed by atoms with Crippen LogP contribution in [0.15, 0.2) is 6.20 Å². The van der Waals surface area contributed by atoms with Crippen LogP contribution in [0, 0.1) is 6.92 Å². The Labute approximate surface area is 69.1 Å². The molecule has 60 valence electrons. The van der Waals surface area contributed by atoms with Crippen LogP contribution in [-0.4, -0.2) is 23.2 Å². The molecule has 0 saturated carbocycles. The lowest BCUT2D eigenvalue weighted by molar-refractivity contribution is -0.0114. The molecular formula is C7H10N2OS. The smallest absolute Gasteiger partial charge is 0.125 e. The van der Waals surface area contributed by atoms with Gasteiger partial charge in [0, 0.05) is 19.3 Å². The van der Waals surface area contributed by atoms with E-state index in [1.54, 1.807) is 17.5 Å². The number of thiazole rings is 1. The topological polar surface area (TPSA) is 45.2 Å². The first kappa shape index (κ1) is 7.21. The lowest BCUT2D eigenvalue weighted by Gasteiger charge is -2.36. The van der Waals surface area contributed by atoms with Crippen LogP contribution < -0.4 is 5.32 Å². The molecule has 1 aliphatic heterocycles. The van der Waals surface area contributed by atoms with Crippen molar-refractivity contribution in [2.24, 2.45) is 0 Å². The van der Waals surface area contributed by atoms with Crippen LogP contribution in [0.4, 0.5) is 0 Å². The second-order valence-corrected chi connectivity index (χ2v) is 4.11. The third-order valence-corrected chi connectivity index (χ3v) is 3.02. The summed E-state index contributed by atoms with van der Waals surface area (Å²) in [4.78, 5) is 5.08. The van der Waals surface area contributed by atoms with Gasteiger partial charge in [-0.3, -0.25) is 0 Å². The number of aromatic nitrogens is 1. The number of aliphatic hydroxyl groups is 1. The molecule has 0 unspecified atom stereocenters. The summed E-state index contributed by atoms with van der Waals surface area (Å²) in [5, 5.41) is 13.9. The lowest BCUT2D eigenvalue weighted by atomic mass is 9.96. The molecule has 2 rings (SSSR count). The van der Waals surface area contributed by atoms with Crippen LogP contribution >= 0.6 is 11.3 Å². The van der Waals surface area contributed by atoms with Crippen LogP contribution in [-0.2, 0) is 5.60 Å². The Morgan fingerprint density at radius 2 is 2.45 bits per heavy atom. The zero-order valence-electron chi connectivity index (χ0n) is 6.29. The van der Waals surface area contributed by atoms with Gasteiger partial charge in [0.1, 0.15) is 5.60 Å². The van der Waals surface area contributed by atoms with Crippen LogP contribution in [0.5, 0.6) is 0 Å². The van der Waals surface area contributed by atoms with Crippen LogP contribution in [0.1, 0.15) is 9.88 Å². The van der Waals surface area contributed by atoms with Gasteiger partial charge >= 0.3 is 0 Å². The molecule has 0 bridgehead atoms. The van der Waals surface area contributed by atoms with Gasteiger partial charge in [0.25, 0.3) is 0 Å². The predicted octanol–water partition coefficient (Wildman–Crippen LogP) is 0.242. The Morgan fingerprint density at radius 3 is 2.82 bits per heavy atom. The fourth-order valence-electron chi connectivity index (χ4n) is 1.11. The van der Waals surface area contributed by atoms with E-state index in [0.717, 1.165) is 9.88 Å². The molecule has 4 heteroatoms. The minimum absolute atomic E-state index is 0.619. The molecule has 1 fully saturated rings. The van der Waals surface area contributed by atoms with Crippen LogP contribution in [0.2, 0.25) is 0 Å². The molecule has 1 aromatic heterocycles.